The predicted molar refractivity (Wildman–Crippen MR) is 94.5 cm³/mol. The summed E-state index contributed by atoms with van der Waals surface area (Å²) in [6.07, 6.45) is 5.89. The SMILES string of the molecule is CCC1CCCN(C(C)(C)CNC(=O)C2CCNCC2)C1.Cl. The molecule has 5 heteroatoms. The highest BCUT2D eigenvalue weighted by molar-refractivity contribution is 5.85. The lowest BCUT2D eigenvalue weighted by molar-refractivity contribution is -0.126. The van der Waals surface area contributed by atoms with Crippen molar-refractivity contribution >= 4 is 18.3 Å². The Labute approximate surface area is 142 Å². The Hall–Kier alpha value is -0.320. The van der Waals surface area contributed by atoms with Gasteiger partial charge in [-0.25, -0.2) is 0 Å². The molecule has 1 amide bonds. The minimum Gasteiger partial charge on any atom is -0.354 e. The minimum absolute atomic E-state index is 0. The first-order chi connectivity index (χ1) is 10.0. The molecule has 0 aromatic heterocycles. The molecule has 0 spiro atoms. The van der Waals surface area contributed by atoms with Gasteiger partial charge in [-0.15, -0.1) is 12.4 Å². The van der Waals surface area contributed by atoms with E-state index in [1.165, 1.54) is 32.4 Å². The van der Waals surface area contributed by atoms with Gasteiger partial charge in [-0.05, 0) is 65.1 Å². The van der Waals surface area contributed by atoms with Gasteiger partial charge in [0.2, 0.25) is 5.91 Å². The lowest BCUT2D eigenvalue weighted by atomic mass is 9.90. The molecule has 0 aromatic rings. The second-order valence-corrected chi connectivity index (χ2v) is 7.42. The van der Waals surface area contributed by atoms with E-state index in [1.54, 1.807) is 0 Å². The third kappa shape index (κ3) is 5.39. The van der Waals surface area contributed by atoms with Crippen LogP contribution in [0.1, 0.15) is 52.9 Å². The second-order valence-electron chi connectivity index (χ2n) is 7.42. The van der Waals surface area contributed by atoms with Crippen molar-refractivity contribution in [2.45, 2.75) is 58.4 Å². The molecule has 2 saturated heterocycles. The van der Waals surface area contributed by atoms with Gasteiger partial charge in [-0.3, -0.25) is 9.69 Å². The van der Waals surface area contributed by atoms with Crippen LogP contribution in [0.25, 0.3) is 0 Å². The summed E-state index contributed by atoms with van der Waals surface area (Å²) in [6.45, 7) is 11.9. The van der Waals surface area contributed by atoms with Gasteiger partial charge < -0.3 is 10.6 Å². The van der Waals surface area contributed by atoms with Crippen LogP contribution in [0.5, 0.6) is 0 Å². The van der Waals surface area contributed by atoms with Crippen molar-refractivity contribution in [1.29, 1.82) is 0 Å². The van der Waals surface area contributed by atoms with Gasteiger partial charge in [-0.1, -0.05) is 13.3 Å². The van der Waals surface area contributed by atoms with E-state index >= 15 is 0 Å². The van der Waals surface area contributed by atoms with E-state index in [0.29, 0.717) is 0 Å². The number of halogens is 1. The van der Waals surface area contributed by atoms with Crippen LogP contribution in [-0.4, -0.2) is 49.1 Å². The van der Waals surface area contributed by atoms with Gasteiger partial charge in [-0.2, -0.15) is 0 Å². The van der Waals surface area contributed by atoms with Crippen LogP contribution >= 0.6 is 12.4 Å². The molecule has 2 fully saturated rings. The van der Waals surface area contributed by atoms with Crippen LogP contribution in [0.4, 0.5) is 0 Å². The van der Waals surface area contributed by atoms with Gasteiger partial charge in [0.1, 0.15) is 0 Å². The van der Waals surface area contributed by atoms with Crippen LogP contribution in [0, 0.1) is 11.8 Å². The number of carbonyl (C=O) groups excluding carboxylic acids is 1. The zero-order valence-corrected chi connectivity index (χ0v) is 15.3. The summed E-state index contributed by atoms with van der Waals surface area (Å²) in [6, 6.07) is 0. The largest absolute Gasteiger partial charge is 0.354 e. The van der Waals surface area contributed by atoms with Crippen LogP contribution in [-0.2, 0) is 4.79 Å². The van der Waals surface area contributed by atoms with E-state index in [-0.39, 0.29) is 29.8 Å². The Kier molecular flexibility index (Phi) is 8.15. The number of likely N-dealkylation sites (tertiary alicyclic amines) is 1. The van der Waals surface area contributed by atoms with Gasteiger partial charge >= 0.3 is 0 Å². The Morgan fingerprint density at radius 3 is 2.59 bits per heavy atom. The number of rotatable bonds is 5. The van der Waals surface area contributed by atoms with E-state index in [9.17, 15) is 4.79 Å². The standard InChI is InChI=1S/C17H33N3O.ClH/c1-4-14-6-5-11-20(12-14)17(2,3)13-19-16(21)15-7-9-18-10-8-15;/h14-15,18H,4-13H2,1-3H3,(H,19,21);1H. The van der Waals surface area contributed by atoms with Crippen molar-refractivity contribution in [1.82, 2.24) is 15.5 Å². The third-order valence-electron chi connectivity index (χ3n) is 5.36. The van der Waals surface area contributed by atoms with Crippen molar-refractivity contribution in [2.75, 3.05) is 32.7 Å². The number of carbonyl (C=O) groups is 1. The molecule has 2 N–H and O–H groups in total. The molecule has 0 saturated carbocycles. The molecular formula is C17H34ClN3O. The molecule has 4 nitrogen and oxygen atoms in total. The third-order valence-corrected chi connectivity index (χ3v) is 5.36. The molecule has 2 heterocycles. The highest BCUT2D eigenvalue weighted by Gasteiger charge is 2.32. The molecule has 2 aliphatic heterocycles. The maximum atomic E-state index is 12.3. The molecule has 130 valence electrons. The Morgan fingerprint density at radius 1 is 1.27 bits per heavy atom. The maximum absolute atomic E-state index is 12.3. The summed E-state index contributed by atoms with van der Waals surface area (Å²) in [7, 11) is 0. The van der Waals surface area contributed by atoms with Crippen LogP contribution in [0.15, 0.2) is 0 Å². The first kappa shape index (κ1) is 19.7. The summed E-state index contributed by atoms with van der Waals surface area (Å²) in [5.41, 5.74) is 0.0659. The highest BCUT2D eigenvalue weighted by atomic mass is 35.5. The maximum Gasteiger partial charge on any atom is 0.223 e. The summed E-state index contributed by atoms with van der Waals surface area (Å²) in [5, 5.41) is 6.53. The summed E-state index contributed by atoms with van der Waals surface area (Å²) < 4.78 is 0. The smallest absolute Gasteiger partial charge is 0.223 e. The first-order valence-corrected chi connectivity index (χ1v) is 8.76. The number of nitrogens with zero attached hydrogens (tertiary/aromatic N) is 1. The zero-order chi connectivity index (χ0) is 15.3. The van der Waals surface area contributed by atoms with Crippen molar-refractivity contribution < 1.29 is 4.79 Å². The molecule has 0 aromatic carbocycles. The average Bonchev–Trinajstić information content (AvgIpc) is 2.53. The number of hydrogen-bond donors (Lipinski definition) is 2. The first-order valence-electron chi connectivity index (χ1n) is 8.76. The molecule has 0 aliphatic carbocycles. The Bertz CT molecular complexity index is 343. The van der Waals surface area contributed by atoms with E-state index < -0.39 is 0 Å². The normalized spacial score (nSPS) is 24.6. The minimum atomic E-state index is 0. The van der Waals surface area contributed by atoms with E-state index in [1.807, 2.05) is 0 Å². The lowest BCUT2D eigenvalue weighted by Crippen LogP contribution is -2.55. The summed E-state index contributed by atoms with van der Waals surface area (Å²) in [4.78, 5) is 14.9. The number of amides is 1. The molecule has 1 unspecified atom stereocenters. The fourth-order valence-corrected chi connectivity index (χ4v) is 3.59. The van der Waals surface area contributed by atoms with Crippen LogP contribution < -0.4 is 10.6 Å². The summed E-state index contributed by atoms with van der Waals surface area (Å²) in [5.74, 6) is 1.30. The highest BCUT2D eigenvalue weighted by Crippen LogP contribution is 2.25. The second kappa shape index (κ2) is 9.09. The quantitative estimate of drug-likeness (QED) is 0.813. The van der Waals surface area contributed by atoms with Crippen molar-refractivity contribution in [3.63, 3.8) is 0 Å². The number of hydrogen-bond acceptors (Lipinski definition) is 3. The average molecular weight is 332 g/mol. The van der Waals surface area contributed by atoms with E-state index in [0.717, 1.165) is 38.4 Å². The topological polar surface area (TPSA) is 44.4 Å². The Morgan fingerprint density at radius 2 is 1.95 bits per heavy atom. The van der Waals surface area contributed by atoms with Gasteiger partial charge in [0.15, 0.2) is 0 Å². The molecule has 2 aliphatic rings. The van der Waals surface area contributed by atoms with Crippen LogP contribution in [0.3, 0.4) is 0 Å². The molecule has 22 heavy (non-hydrogen) atoms. The predicted octanol–water partition coefficient (Wildman–Crippen LogP) is 2.42. The Balaban J connectivity index is 0.00000242. The number of nitrogens with one attached hydrogen (secondary N) is 2. The molecule has 2 rings (SSSR count). The van der Waals surface area contributed by atoms with Gasteiger partial charge in [0.05, 0.1) is 0 Å². The van der Waals surface area contributed by atoms with Crippen molar-refractivity contribution in [3.05, 3.63) is 0 Å². The van der Waals surface area contributed by atoms with Gasteiger partial charge in [0.25, 0.3) is 0 Å². The molecule has 1 atom stereocenters. The van der Waals surface area contributed by atoms with Crippen molar-refractivity contribution in [2.24, 2.45) is 11.8 Å². The van der Waals surface area contributed by atoms with E-state index in [2.05, 4.69) is 36.3 Å². The summed E-state index contributed by atoms with van der Waals surface area (Å²) >= 11 is 0. The monoisotopic (exact) mass is 331 g/mol. The van der Waals surface area contributed by atoms with E-state index in [4.69, 9.17) is 0 Å². The molecule has 0 radical (unpaired) electrons. The van der Waals surface area contributed by atoms with Crippen molar-refractivity contribution in [3.8, 4) is 0 Å². The van der Waals surface area contributed by atoms with Crippen LogP contribution in [0.2, 0.25) is 0 Å². The van der Waals surface area contributed by atoms with Gasteiger partial charge in [0, 0.05) is 24.5 Å². The fraction of sp³-hybridized carbons (Fsp3) is 0.941. The number of piperidine rings is 2. The molecular weight excluding hydrogens is 298 g/mol. The zero-order valence-electron chi connectivity index (χ0n) is 14.5. The lowest BCUT2D eigenvalue weighted by Gasteiger charge is -2.43. The fourth-order valence-electron chi connectivity index (χ4n) is 3.59. The molecule has 0 bridgehead atoms.